The van der Waals surface area contributed by atoms with Crippen LogP contribution in [0.5, 0.6) is 0 Å². The minimum atomic E-state index is 0.108. The summed E-state index contributed by atoms with van der Waals surface area (Å²) in [5.74, 6) is 0. The molecule has 0 saturated heterocycles. The summed E-state index contributed by atoms with van der Waals surface area (Å²) >= 11 is 4.14. The van der Waals surface area contributed by atoms with Gasteiger partial charge in [0.25, 0.3) is 0 Å². The molecule has 0 spiro atoms. The summed E-state index contributed by atoms with van der Waals surface area (Å²) in [4.78, 5) is 2.00. The molecule has 1 nitrogen and oxygen atoms in total. The van der Waals surface area contributed by atoms with E-state index in [9.17, 15) is 0 Å². The third-order valence-corrected chi connectivity index (χ3v) is 2.48. The van der Waals surface area contributed by atoms with Crippen molar-refractivity contribution >= 4 is 20.7 Å². The molecule has 0 aromatic rings. The Balaban J connectivity index is 0. The minimum absolute atomic E-state index is 0.108. The lowest BCUT2D eigenvalue weighted by Gasteiger charge is -1.90. The maximum atomic E-state index is 4.14. The third kappa shape index (κ3) is 56.9. The minimum Gasteiger partial charge on any atom is -0.312 e. The first-order valence-corrected chi connectivity index (χ1v) is 6.89. The third-order valence-electron chi connectivity index (χ3n) is 0.512. The van der Waals surface area contributed by atoms with E-state index in [1.807, 2.05) is 26.0 Å². The maximum absolute atomic E-state index is 4.14. The standard InChI is InChI=1S/C3H9N.C3H10SSi/c1-4(2)3;1-2-3-5-4/h1-3H3;4H,2-3,5H2,1H3. The molecule has 0 amide bonds. The van der Waals surface area contributed by atoms with Crippen molar-refractivity contribution in [1.82, 2.24) is 4.90 Å². The van der Waals surface area contributed by atoms with Gasteiger partial charge in [0.2, 0.25) is 0 Å². The molecule has 0 saturated carbocycles. The van der Waals surface area contributed by atoms with Crippen molar-refractivity contribution in [3.8, 4) is 0 Å². The molecule has 58 valence electrons. The Morgan fingerprint density at radius 3 is 1.67 bits per heavy atom. The van der Waals surface area contributed by atoms with Gasteiger partial charge >= 0.3 is 0 Å². The van der Waals surface area contributed by atoms with Gasteiger partial charge in [-0.3, -0.25) is 0 Å². The number of hydrogen-bond acceptors (Lipinski definition) is 2. The van der Waals surface area contributed by atoms with Crippen molar-refractivity contribution in [1.29, 1.82) is 0 Å². The lowest BCUT2D eigenvalue weighted by molar-refractivity contribution is 0.505. The second-order valence-electron chi connectivity index (χ2n) is 2.42. The molecule has 0 aliphatic carbocycles. The fourth-order valence-electron chi connectivity index (χ4n) is 0.158. The summed E-state index contributed by atoms with van der Waals surface area (Å²) < 4.78 is 0. The van der Waals surface area contributed by atoms with Crippen molar-refractivity contribution < 1.29 is 0 Å². The molecule has 0 aromatic heterocycles. The zero-order valence-electron chi connectivity index (χ0n) is 7.02. The van der Waals surface area contributed by atoms with Crippen LogP contribution in [0, 0.1) is 0 Å². The lowest BCUT2D eigenvalue weighted by atomic mass is 10.6. The average Bonchev–Trinajstić information content (AvgIpc) is 1.66. The summed E-state index contributed by atoms with van der Waals surface area (Å²) in [7, 11) is 6.11. The Kier molecular flexibility index (Phi) is 15.4. The molecule has 0 aromatic carbocycles. The highest BCUT2D eigenvalue weighted by molar-refractivity contribution is 8.06. The number of nitrogens with zero attached hydrogens (tertiary/aromatic N) is 1. The molecule has 0 unspecified atom stereocenters. The fraction of sp³-hybridized carbons (Fsp3) is 1.00. The normalized spacial score (nSPS) is 10.0. The molecular weight excluding hydrogens is 146 g/mol. The Labute approximate surface area is 66.7 Å². The SMILES string of the molecule is CCC[SiH2]S.CN(C)C. The molecule has 0 heterocycles. The van der Waals surface area contributed by atoms with Crippen LogP contribution in [-0.4, -0.2) is 34.7 Å². The van der Waals surface area contributed by atoms with Crippen molar-refractivity contribution in [3.63, 3.8) is 0 Å². The van der Waals surface area contributed by atoms with Gasteiger partial charge in [0.1, 0.15) is 0 Å². The molecule has 0 fully saturated rings. The van der Waals surface area contributed by atoms with Crippen LogP contribution < -0.4 is 0 Å². The molecule has 0 atom stereocenters. The van der Waals surface area contributed by atoms with E-state index < -0.39 is 0 Å². The van der Waals surface area contributed by atoms with Gasteiger partial charge in [0.15, 0.2) is 0 Å². The molecule has 0 radical (unpaired) electrons. The quantitative estimate of drug-likeness (QED) is 0.472. The van der Waals surface area contributed by atoms with Crippen molar-refractivity contribution in [2.45, 2.75) is 19.4 Å². The van der Waals surface area contributed by atoms with E-state index in [1.165, 1.54) is 12.5 Å². The summed E-state index contributed by atoms with van der Waals surface area (Å²) in [5.41, 5.74) is 0. The molecule has 0 aliphatic rings. The number of thiol groups is 1. The molecule has 0 bridgehead atoms. The van der Waals surface area contributed by atoms with Gasteiger partial charge < -0.3 is 4.90 Å². The van der Waals surface area contributed by atoms with Gasteiger partial charge in [-0.15, -0.1) is 0 Å². The highest BCUT2D eigenvalue weighted by Gasteiger charge is 1.70. The van der Waals surface area contributed by atoms with Crippen molar-refractivity contribution in [3.05, 3.63) is 0 Å². The van der Waals surface area contributed by atoms with Crippen molar-refractivity contribution in [2.24, 2.45) is 0 Å². The Bertz CT molecular complexity index is 37.3. The van der Waals surface area contributed by atoms with E-state index in [4.69, 9.17) is 0 Å². The number of hydrogen-bond donors (Lipinski definition) is 1. The first-order chi connectivity index (χ1) is 4.15. The van der Waals surface area contributed by atoms with Crippen LogP contribution in [0.3, 0.4) is 0 Å². The smallest absolute Gasteiger partial charge is 0.0813 e. The second kappa shape index (κ2) is 11.3. The Morgan fingerprint density at radius 2 is 1.67 bits per heavy atom. The summed E-state index contributed by atoms with van der Waals surface area (Å²) in [6, 6.07) is 1.39. The first-order valence-electron chi connectivity index (χ1n) is 3.36. The summed E-state index contributed by atoms with van der Waals surface area (Å²) in [6.45, 7) is 2.20. The van der Waals surface area contributed by atoms with Crippen LogP contribution in [0.4, 0.5) is 0 Å². The Morgan fingerprint density at radius 1 is 1.33 bits per heavy atom. The first kappa shape index (κ1) is 12.2. The zero-order valence-corrected chi connectivity index (χ0v) is 9.32. The molecular formula is C6H19NSSi. The molecule has 0 N–H and O–H groups in total. The van der Waals surface area contributed by atoms with E-state index in [1.54, 1.807) is 0 Å². The fourth-order valence-corrected chi connectivity index (χ4v) is 1.42. The Hall–Kier alpha value is 0.527. The van der Waals surface area contributed by atoms with E-state index >= 15 is 0 Å². The highest BCUT2D eigenvalue weighted by atomic mass is 32.3. The topological polar surface area (TPSA) is 3.24 Å². The van der Waals surface area contributed by atoms with Gasteiger partial charge in [0.05, 0.1) is 8.67 Å². The van der Waals surface area contributed by atoms with Crippen LogP contribution in [0.1, 0.15) is 13.3 Å². The lowest BCUT2D eigenvalue weighted by Crippen LogP contribution is -1.99. The van der Waals surface area contributed by atoms with Crippen LogP contribution in [0.2, 0.25) is 6.04 Å². The van der Waals surface area contributed by atoms with E-state index in [-0.39, 0.29) is 8.67 Å². The van der Waals surface area contributed by atoms with Gasteiger partial charge in [-0.1, -0.05) is 19.4 Å². The van der Waals surface area contributed by atoms with E-state index in [0.717, 1.165) is 0 Å². The molecule has 9 heavy (non-hydrogen) atoms. The largest absolute Gasteiger partial charge is 0.312 e. The van der Waals surface area contributed by atoms with Gasteiger partial charge in [-0.25, -0.2) is 12.1 Å². The van der Waals surface area contributed by atoms with Crippen LogP contribution in [0.15, 0.2) is 0 Å². The van der Waals surface area contributed by atoms with Gasteiger partial charge in [-0.2, -0.15) is 0 Å². The second-order valence-corrected chi connectivity index (χ2v) is 4.91. The highest BCUT2D eigenvalue weighted by Crippen LogP contribution is 1.84. The molecule has 0 rings (SSSR count). The van der Waals surface area contributed by atoms with Crippen LogP contribution in [-0.2, 0) is 0 Å². The predicted molar refractivity (Wildman–Crippen MR) is 52.2 cm³/mol. The summed E-state index contributed by atoms with van der Waals surface area (Å²) in [6.07, 6.45) is 1.33. The number of rotatable bonds is 2. The molecule has 0 aliphatic heterocycles. The maximum Gasteiger partial charge on any atom is 0.0813 e. The predicted octanol–water partition coefficient (Wildman–Crippen LogP) is 1.01. The monoisotopic (exact) mass is 165 g/mol. The zero-order chi connectivity index (χ0) is 7.70. The van der Waals surface area contributed by atoms with Gasteiger partial charge in [-0.05, 0) is 21.1 Å². The average molecular weight is 165 g/mol. The van der Waals surface area contributed by atoms with E-state index in [0.29, 0.717) is 0 Å². The van der Waals surface area contributed by atoms with Crippen molar-refractivity contribution in [2.75, 3.05) is 21.1 Å². The van der Waals surface area contributed by atoms with Crippen LogP contribution in [0.25, 0.3) is 0 Å². The van der Waals surface area contributed by atoms with Crippen LogP contribution >= 0.6 is 12.1 Å². The van der Waals surface area contributed by atoms with Gasteiger partial charge in [0, 0.05) is 0 Å². The van der Waals surface area contributed by atoms with E-state index in [2.05, 4.69) is 19.0 Å². The molecule has 3 heteroatoms. The summed E-state index contributed by atoms with van der Waals surface area (Å²) in [5, 5.41) is 0.